The lowest BCUT2D eigenvalue weighted by Crippen LogP contribution is -2.46. The third-order valence-electron chi connectivity index (χ3n) is 4.79. The predicted octanol–water partition coefficient (Wildman–Crippen LogP) is 3.96. The summed E-state index contributed by atoms with van der Waals surface area (Å²) in [7, 11) is 1.62. The Morgan fingerprint density at radius 1 is 1.08 bits per heavy atom. The van der Waals surface area contributed by atoms with Crippen LogP contribution in [0.2, 0.25) is 0 Å². The van der Waals surface area contributed by atoms with Gasteiger partial charge in [0.1, 0.15) is 5.75 Å². The molecule has 0 bridgehead atoms. The largest absolute Gasteiger partial charge is 0.496 e. The molecule has 0 unspecified atom stereocenters. The molecule has 1 N–H and O–H groups in total. The summed E-state index contributed by atoms with van der Waals surface area (Å²) in [4.78, 5) is 24.5. The Bertz CT molecular complexity index is 778. The first-order chi connectivity index (χ1) is 11.6. The van der Waals surface area contributed by atoms with Gasteiger partial charge in [0.2, 0.25) is 5.91 Å². The number of carbonyl (C=O) groups is 2. The smallest absolute Gasteiger partial charge is 0.235 e. The van der Waals surface area contributed by atoms with Gasteiger partial charge < -0.3 is 10.1 Å². The number of anilines is 1. The van der Waals surface area contributed by atoms with Crippen molar-refractivity contribution in [2.45, 2.75) is 31.6 Å². The first-order valence-electron chi connectivity index (χ1n) is 8.13. The zero-order valence-corrected chi connectivity index (χ0v) is 14.0. The highest BCUT2D eigenvalue weighted by atomic mass is 16.5. The van der Waals surface area contributed by atoms with Crippen molar-refractivity contribution in [3.63, 3.8) is 0 Å². The van der Waals surface area contributed by atoms with Gasteiger partial charge in [0.15, 0.2) is 5.78 Å². The van der Waals surface area contributed by atoms with Gasteiger partial charge in [-0.2, -0.15) is 0 Å². The summed E-state index contributed by atoms with van der Waals surface area (Å²) in [5.41, 5.74) is 1.61. The third-order valence-corrected chi connectivity index (χ3v) is 4.79. The molecular weight excluding hydrogens is 302 g/mol. The van der Waals surface area contributed by atoms with Crippen molar-refractivity contribution in [3.05, 3.63) is 59.7 Å². The van der Waals surface area contributed by atoms with Crippen LogP contribution < -0.4 is 10.1 Å². The molecule has 4 nitrogen and oxygen atoms in total. The number of carbonyl (C=O) groups excluding carboxylic acids is 2. The van der Waals surface area contributed by atoms with E-state index in [0.29, 0.717) is 11.3 Å². The second kappa shape index (κ2) is 6.48. The van der Waals surface area contributed by atoms with E-state index in [-0.39, 0.29) is 11.7 Å². The van der Waals surface area contributed by atoms with E-state index in [1.165, 1.54) is 6.92 Å². The highest BCUT2D eigenvalue weighted by molar-refractivity contribution is 6.02. The summed E-state index contributed by atoms with van der Waals surface area (Å²) in [6.45, 7) is 1.52. The van der Waals surface area contributed by atoms with Crippen LogP contribution in [-0.2, 0) is 10.2 Å². The number of nitrogens with one attached hydrogen (secondary N) is 1. The Balaban J connectivity index is 1.90. The number of benzene rings is 2. The minimum atomic E-state index is -0.557. The Hall–Kier alpha value is -2.62. The lowest BCUT2D eigenvalue weighted by atomic mass is 9.63. The van der Waals surface area contributed by atoms with E-state index in [1.54, 1.807) is 31.4 Å². The van der Waals surface area contributed by atoms with Gasteiger partial charge in [-0.05, 0) is 38.0 Å². The van der Waals surface area contributed by atoms with Crippen molar-refractivity contribution in [3.8, 4) is 5.75 Å². The summed E-state index contributed by atoms with van der Waals surface area (Å²) in [6, 6.07) is 14.7. The van der Waals surface area contributed by atoms with Crippen LogP contribution in [0.3, 0.4) is 0 Å². The summed E-state index contributed by atoms with van der Waals surface area (Å²) >= 11 is 0. The topological polar surface area (TPSA) is 55.4 Å². The zero-order valence-electron chi connectivity index (χ0n) is 14.0. The van der Waals surface area contributed by atoms with Crippen molar-refractivity contribution in [2.24, 2.45) is 0 Å². The quantitative estimate of drug-likeness (QED) is 0.847. The second-order valence-corrected chi connectivity index (χ2v) is 6.23. The molecule has 0 aliphatic heterocycles. The van der Waals surface area contributed by atoms with Gasteiger partial charge in [0.25, 0.3) is 0 Å². The third kappa shape index (κ3) is 2.80. The standard InChI is InChI=1S/C20H21NO3/c1-14(22)15-7-5-8-16(13-15)21-19(23)20(11-6-12-20)17-9-3-4-10-18(17)24-2/h3-5,7-10,13H,6,11-12H2,1-2H3,(H,21,23). The number of amides is 1. The summed E-state index contributed by atoms with van der Waals surface area (Å²) in [6.07, 6.45) is 2.61. The Morgan fingerprint density at radius 2 is 1.83 bits per heavy atom. The van der Waals surface area contributed by atoms with Crippen LogP contribution in [0, 0.1) is 0 Å². The molecule has 0 aromatic heterocycles. The molecule has 124 valence electrons. The molecule has 0 heterocycles. The van der Waals surface area contributed by atoms with E-state index in [2.05, 4.69) is 5.32 Å². The number of hydrogen-bond donors (Lipinski definition) is 1. The van der Waals surface area contributed by atoms with Crippen LogP contribution >= 0.6 is 0 Å². The minimum Gasteiger partial charge on any atom is -0.496 e. The molecule has 0 radical (unpaired) electrons. The van der Waals surface area contributed by atoms with Crippen LogP contribution in [0.4, 0.5) is 5.69 Å². The highest BCUT2D eigenvalue weighted by Crippen LogP contribution is 2.47. The second-order valence-electron chi connectivity index (χ2n) is 6.23. The molecule has 1 fully saturated rings. The van der Waals surface area contributed by atoms with Crippen molar-refractivity contribution in [1.82, 2.24) is 0 Å². The van der Waals surface area contributed by atoms with E-state index < -0.39 is 5.41 Å². The number of hydrogen-bond acceptors (Lipinski definition) is 3. The van der Waals surface area contributed by atoms with Gasteiger partial charge in [-0.1, -0.05) is 36.8 Å². The molecule has 2 aromatic carbocycles. The van der Waals surface area contributed by atoms with E-state index in [1.807, 2.05) is 24.3 Å². The minimum absolute atomic E-state index is 0.0193. The number of Topliss-reactive ketones (excluding diaryl/α,β-unsaturated/α-hetero) is 1. The SMILES string of the molecule is COc1ccccc1C1(C(=O)Nc2cccc(C(C)=O)c2)CCC1. The fourth-order valence-electron chi connectivity index (χ4n) is 3.26. The lowest BCUT2D eigenvalue weighted by molar-refractivity contribution is -0.124. The molecule has 1 amide bonds. The molecule has 3 rings (SSSR count). The number of ether oxygens (including phenoxy) is 1. The Kier molecular flexibility index (Phi) is 4.38. The maximum absolute atomic E-state index is 13.0. The van der Waals surface area contributed by atoms with Gasteiger partial charge >= 0.3 is 0 Å². The zero-order chi connectivity index (χ0) is 17.2. The predicted molar refractivity (Wildman–Crippen MR) is 93.6 cm³/mol. The van der Waals surface area contributed by atoms with Gasteiger partial charge in [-0.3, -0.25) is 9.59 Å². The average molecular weight is 323 g/mol. The van der Waals surface area contributed by atoms with E-state index in [4.69, 9.17) is 4.74 Å². The maximum Gasteiger partial charge on any atom is 0.235 e. The number of para-hydroxylation sites is 1. The first-order valence-corrected chi connectivity index (χ1v) is 8.13. The maximum atomic E-state index is 13.0. The molecule has 0 spiro atoms. The fraction of sp³-hybridized carbons (Fsp3) is 0.300. The summed E-state index contributed by atoms with van der Waals surface area (Å²) < 4.78 is 5.45. The number of ketones is 1. The van der Waals surface area contributed by atoms with Gasteiger partial charge in [-0.15, -0.1) is 0 Å². The van der Waals surface area contributed by atoms with E-state index in [0.717, 1.165) is 30.6 Å². The molecule has 1 saturated carbocycles. The van der Waals surface area contributed by atoms with Crippen LogP contribution in [0.25, 0.3) is 0 Å². The van der Waals surface area contributed by atoms with Crippen molar-refractivity contribution >= 4 is 17.4 Å². The normalized spacial score (nSPS) is 15.2. The van der Waals surface area contributed by atoms with Gasteiger partial charge in [-0.25, -0.2) is 0 Å². The number of methoxy groups -OCH3 is 1. The summed E-state index contributed by atoms with van der Waals surface area (Å²) in [5.74, 6) is 0.679. The highest BCUT2D eigenvalue weighted by Gasteiger charge is 2.47. The van der Waals surface area contributed by atoms with Crippen LogP contribution in [0.1, 0.15) is 42.1 Å². The number of rotatable bonds is 5. The van der Waals surface area contributed by atoms with Crippen LogP contribution in [-0.4, -0.2) is 18.8 Å². The van der Waals surface area contributed by atoms with Gasteiger partial charge in [0.05, 0.1) is 12.5 Å². The van der Waals surface area contributed by atoms with Gasteiger partial charge in [0, 0.05) is 16.8 Å². The molecule has 1 aliphatic rings. The first kappa shape index (κ1) is 16.2. The van der Waals surface area contributed by atoms with Crippen molar-refractivity contribution in [1.29, 1.82) is 0 Å². The molecule has 0 atom stereocenters. The summed E-state index contributed by atoms with van der Waals surface area (Å²) in [5, 5.41) is 2.98. The average Bonchev–Trinajstić information content (AvgIpc) is 2.54. The van der Waals surface area contributed by atoms with Crippen LogP contribution in [0.5, 0.6) is 5.75 Å². The van der Waals surface area contributed by atoms with E-state index >= 15 is 0 Å². The monoisotopic (exact) mass is 323 g/mol. The molecule has 2 aromatic rings. The van der Waals surface area contributed by atoms with Crippen LogP contribution in [0.15, 0.2) is 48.5 Å². The Labute approximate surface area is 141 Å². The lowest BCUT2D eigenvalue weighted by Gasteiger charge is -2.41. The van der Waals surface area contributed by atoms with Crippen molar-refractivity contribution < 1.29 is 14.3 Å². The Morgan fingerprint density at radius 3 is 2.46 bits per heavy atom. The van der Waals surface area contributed by atoms with E-state index in [9.17, 15) is 9.59 Å². The molecule has 1 aliphatic carbocycles. The molecule has 0 saturated heterocycles. The molecule has 4 heteroatoms. The fourth-order valence-corrected chi connectivity index (χ4v) is 3.26. The molecular formula is C20H21NO3. The van der Waals surface area contributed by atoms with Crippen molar-refractivity contribution in [2.75, 3.05) is 12.4 Å². The molecule has 24 heavy (non-hydrogen) atoms.